The Kier molecular flexibility index (Phi) is 10.7. The molecule has 10 heteroatoms. The normalized spacial score (nSPS) is 12.7. The summed E-state index contributed by atoms with van der Waals surface area (Å²) in [6.45, 7) is 11.8. The third kappa shape index (κ3) is 8.56. The lowest BCUT2D eigenvalue weighted by Gasteiger charge is -2.23. The fraction of sp³-hybridized carbons (Fsp3) is 0.600. The van der Waals surface area contributed by atoms with Gasteiger partial charge in [-0.3, -0.25) is 10.1 Å². The zero-order valence-electron chi connectivity index (χ0n) is 21.3. The molecule has 196 valence electrons. The Morgan fingerprint density at radius 2 is 1.80 bits per heavy atom. The van der Waals surface area contributed by atoms with Crippen molar-refractivity contribution >= 4 is 40.1 Å². The zero-order valence-corrected chi connectivity index (χ0v) is 22.8. The van der Waals surface area contributed by atoms with E-state index in [1.54, 1.807) is 6.07 Å². The standard InChI is InChI=1S/C25H37Cl2N3O5/c1-7-8-11-34-22-16-12-18(26)19(27)13-17(16)23(32)30(10-9-21(31)28-15(2)3)20(22)14-35-24(33)29-25(4,5)6/h12-13,15,21,28,31H,7-11,14H2,1-6H3,(H,29,33). The van der Waals surface area contributed by atoms with Gasteiger partial charge in [-0.1, -0.05) is 36.5 Å². The molecule has 3 N–H and O–H groups in total. The second kappa shape index (κ2) is 12.8. The number of rotatable bonds is 11. The number of carbonyl (C=O) groups is 1. The number of benzene rings is 1. The van der Waals surface area contributed by atoms with Gasteiger partial charge < -0.3 is 24.5 Å². The van der Waals surface area contributed by atoms with Crippen LogP contribution in [0.2, 0.25) is 10.0 Å². The van der Waals surface area contributed by atoms with Gasteiger partial charge in [-0.25, -0.2) is 4.79 Å². The van der Waals surface area contributed by atoms with Crippen LogP contribution in [0.1, 0.15) is 66.5 Å². The Morgan fingerprint density at radius 3 is 2.37 bits per heavy atom. The van der Waals surface area contributed by atoms with E-state index in [9.17, 15) is 14.7 Å². The average molecular weight is 530 g/mol. The van der Waals surface area contributed by atoms with Gasteiger partial charge in [0.2, 0.25) is 0 Å². The van der Waals surface area contributed by atoms with E-state index in [1.807, 2.05) is 41.5 Å². The number of halogens is 2. The number of nitrogens with one attached hydrogen (secondary N) is 2. The van der Waals surface area contributed by atoms with Gasteiger partial charge in [0, 0.05) is 29.9 Å². The maximum absolute atomic E-state index is 13.6. The van der Waals surface area contributed by atoms with Crippen molar-refractivity contribution in [3.63, 3.8) is 0 Å². The molecule has 2 aromatic rings. The first kappa shape index (κ1) is 29.2. The third-order valence-electron chi connectivity index (χ3n) is 5.08. The molecule has 0 aliphatic carbocycles. The number of pyridine rings is 1. The number of alkyl carbamates (subject to hydrolysis) is 1. The van der Waals surface area contributed by atoms with E-state index in [-0.39, 0.29) is 41.2 Å². The van der Waals surface area contributed by atoms with Crippen molar-refractivity contribution in [3.8, 4) is 5.75 Å². The van der Waals surface area contributed by atoms with E-state index in [4.69, 9.17) is 32.7 Å². The minimum absolute atomic E-state index is 0.0658. The first-order valence-electron chi connectivity index (χ1n) is 11.9. The van der Waals surface area contributed by atoms with Crippen molar-refractivity contribution in [1.29, 1.82) is 0 Å². The second-order valence-corrected chi connectivity index (χ2v) is 10.6. The monoisotopic (exact) mass is 529 g/mol. The van der Waals surface area contributed by atoms with Crippen molar-refractivity contribution in [2.24, 2.45) is 0 Å². The Balaban J connectivity index is 2.61. The summed E-state index contributed by atoms with van der Waals surface area (Å²) in [5.74, 6) is 0.404. The number of aliphatic hydroxyl groups is 1. The number of hydrogen-bond acceptors (Lipinski definition) is 6. The summed E-state index contributed by atoms with van der Waals surface area (Å²) in [6.07, 6.45) is 0.516. The lowest BCUT2D eigenvalue weighted by Crippen LogP contribution is -2.41. The SMILES string of the molecule is CCCCOc1c(COC(=O)NC(C)(C)C)n(CCC(O)NC(C)C)c(=O)c2cc(Cl)c(Cl)cc12. The molecular weight excluding hydrogens is 493 g/mol. The second-order valence-electron chi connectivity index (χ2n) is 9.82. The molecule has 0 aliphatic heterocycles. The van der Waals surface area contributed by atoms with Crippen LogP contribution < -0.4 is 20.9 Å². The van der Waals surface area contributed by atoms with E-state index in [2.05, 4.69) is 10.6 Å². The summed E-state index contributed by atoms with van der Waals surface area (Å²) in [5.41, 5.74) is -0.442. The number of amides is 1. The minimum Gasteiger partial charge on any atom is -0.491 e. The molecule has 0 spiro atoms. The molecule has 1 atom stereocenters. The summed E-state index contributed by atoms with van der Waals surface area (Å²) in [4.78, 5) is 26.0. The van der Waals surface area contributed by atoms with Gasteiger partial charge in [-0.2, -0.15) is 0 Å². The highest BCUT2D eigenvalue weighted by Crippen LogP contribution is 2.34. The molecule has 1 amide bonds. The molecular formula is C25H37Cl2N3O5. The molecule has 0 radical (unpaired) electrons. The van der Waals surface area contributed by atoms with Gasteiger partial charge >= 0.3 is 6.09 Å². The van der Waals surface area contributed by atoms with Crippen LogP contribution in [0.15, 0.2) is 16.9 Å². The molecule has 0 bridgehead atoms. The fourth-order valence-corrected chi connectivity index (χ4v) is 3.84. The first-order chi connectivity index (χ1) is 16.3. The van der Waals surface area contributed by atoms with Gasteiger partial charge in [-0.05, 0) is 53.2 Å². The maximum atomic E-state index is 13.6. The van der Waals surface area contributed by atoms with Crippen LogP contribution in [0.25, 0.3) is 10.8 Å². The summed E-state index contributed by atoms with van der Waals surface area (Å²) < 4.78 is 13.1. The van der Waals surface area contributed by atoms with Crippen molar-refractivity contribution in [2.45, 2.75) is 91.8 Å². The maximum Gasteiger partial charge on any atom is 0.407 e. The number of hydrogen-bond donors (Lipinski definition) is 3. The van der Waals surface area contributed by atoms with Gasteiger partial charge in [-0.15, -0.1) is 0 Å². The van der Waals surface area contributed by atoms with E-state index < -0.39 is 17.9 Å². The number of unbranched alkanes of at least 4 members (excludes halogenated alkanes) is 1. The molecule has 2 rings (SSSR count). The van der Waals surface area contributed by atoms with Gasteiger partial charge in [0.1, 0.15) is 24.3 Å². The van der Waals surface area contributed by atoms with Crippen molar-refractivity contribution in [1.82, 2.24) is 15.2 Å². The minimum atomic E-state index is -0.825. The largest absolute Gasteiger partial charge is 0.491 e. The highest BCUT2D eigenvalue weighted by atomic mass is 35.5. The number of nitrogens with zero attached hydrogens (tertiary/aromatic N) is 1. The molecule has 0 aliphatic rings. The summed E-state index contributed by atoms with van der Waals surface area (Å²) in [7, 11) is 0. The van der Waals surface area contributed by atoms with Crippen LogP contribution in [0.5, 0.6) is 5.75 Å². The molecule has 1 unspecified atom stereocenters. The van der Waals surface area contributed by atoms with E-state index in [1.165, 1.54) is 10.6 Å². The smallest absolute Gasteiger partial charge is 0.407 e. The Morgan fingerprint density at radius 1 is 1.17 bits per heavy atom. The quantitative estimate of drug-likeness (QED) is 0.272. The average Bonchev–Trinajstić information content (AvgIpc) is 2.73. The topological polar surface area (TPSA) is 102 Å². The molecule has 1 aromatic carbocycles. The Labute approximate surface area is 216 Å². The van der Waals surface area contributed by atoms with Gasteiger partial charge in [0.25, 0.3) is 5.56 Å². The van der Waals surface area contributed by atoms with E-state index in [0.29, 0.717) is 28.8 Å². The summed E-state index contributed by atoms with van der Waals surface area (Å²) >= 11 is 12.5. The van der Waals surface area contributed by atoms with Crippen molar-refractivity contribution < 1.29 is 19.4 Å². The highest BCUT2D eigenvalue weighted by molar-refractivity contribution is 6.42. The van der Waals surface area contributed by atoms with Gasteiger partial charge in [0.05, 0.1) is 22.0 Å². The molecule has 35 heavy (non-hydrogen) atoms. The van der Waals surface area contributed by atoms with E-state index >= 15 is 0 Å². The van der Waals surface area contributed by atoms with Crippen LogP contribution in [-0.2, 0) is 17.9 Å². The molecule has 0 saturated heterocycles. The summed E-state index contributed by atoms with van der Waals surface area (Å²) in [6, 6.07) is 3.18. The predicted octanol–water partition coefficient (Wildman–Crippen LogP) is 5.22. The van der Waals surface area contributed by atoms with Crippen LogP contribution >= 0.6 is 23.2 Å². The molecule has 0 fully saturated rings. The molecule has 0 saturated carbocycles. The lowest BCUT2D eigenvalue weighted by atomic mass is 10.1. The first-order valence-corrected chi connectivity index (χ1v) is 12.7. The van der Waals surface area contributed by atoms with Crippen LogP contribution in [0.3, 0.4) is 0 Å². The Hall–Kier alpha value is -2.00. The predicted molar refractivity (Wildman–Crippen MR) is 141 cm³/mol. The molecule has 8 nitrogen and oxygen atoms in total. The highest BCUT2D eigenvalue weighted by Gasteiger charge is 2.23. The Bertz CT molecular complexity index is 1080. The van der Waals surface area contributed by atoms with Crippen LogP contribution in [0, 0.1) is 0 Å². The lowest BCUT2D eigenvalue weighted by molar-refractivity contribution is 0.109. The number of fused-ring (bicyclic) bond motifs is 1. The van der Waals surface area contributed by atoms with Crippen molar-refractivity contribution in [3.05, 3.63) is 38.2 Å². The third-order valence-corrected chi connectivity index (χ3v) is 5.80. The summed E-state index contributed by atoms with van der Waals surface area (Å²) in [5, 5.41) is 17.5. The van der Waals surface area contributed by atoms with Gasteiger partial charge in [0.15, 0.2) is 0 Å². The van der Waals surface area contributed by atoms with Crippen molar-refractivity contribution in [2.75, 3.05) is 6.61 Å². The fourth-order valence-electron chi connectivity index (χ4n) is 3.51. The number of ether oxygens (including phenoxy) is 2. The number of aliphatic hydroxyl groups excluding tert-OH is 1. The van der Waals surface area contributed by atoms with Crippen LogP contribution in [0.4, 0.5) is 4.79 Å². The molecule has 1 aromatic heterocycles. The number of aromatic nitrogens is 1. The molecule has 1 heterocycles. The van der Waals surface area contributed by atoms with Crippen LogP contribution in [-0.4, -0.2) is 40.2 Å². The van der Waals surface area contributed by atoms with E-state index in [0.717, 1.165) is 12.8 Å². The number of carbonyl (C=O) groups excluding carboxylic acids is 1. The zero-order chi connectivity index (χ0) is 26.3.